The number of halogens is 1. The van der Waals surface area contributed by atoms with Crippen molar-refractivity contribution in [3.05, 3.63) is 35.4 Å². The van der Waals surface area contributed by atoms with Crippen LogP contribution in [-0.2, 0) is 16.1 Å². The van der Waals surface area contributed by atoms with E-state index in [0.717, 1.165) is 5.56 Å². The predicted octanol–water partition coefficient (Wildman–Crippen LogP) is 1.58. The number of carbonyl (C=O) groups is 1. The van der Waals surface area contributed by atoms with E-state index in [1.165, 1.54) is 7.11 Å². The first-order valence-corrected chi connectivity index (χ1v) is 6.00. The normalized spacial score (nSPS) is 11.6. The van der Waals surface area contributed by atoms with Crippen LogP contribution in [0, 0.1) is 11.3 Å². The minimum atomic E-state index is -0.342. The molecular formula is C12H13BrN2O2. The number of nitrogens with zero attached hydrogens (tertiary/aromatic N) is 1. The van der Waals surface area contributed by atoms with E-state index in [-0.39, 0.29) is 10.8 Å². The Morgan fingerprint density at radius 3 is 2.71 bits per heavy atom. The first-order valence-electron chi connectivity index (χ1n) is 5.09. The topological polar surface area (TPSA) is 62.1 Å². The van der Waals surface area contributed by atoms with Crippen molar-refractivity contribution in [3.63, 3.8) is 0 Å². The number of benzene rings is 1. The van der Waals surface area contributed by atoms with Crippen molar-refractivity contribution in [2.75, 3.05) is 13.7 Å². The molecule has 0 aromatic heterocycles. The van der Waals surface area contributed by atoms with Gasteiger partial charge in [-0.05, 0) is 17.7 Å². The molecule has 1 rings (SSSR count). The fourth-order valence-electron chi connectivity index (χ4n) is 1.25. The van der Waals surface area contributed by atoms with Gasteiger partial charge in [0.15, 0.2) is 0 Å². The van der Waals surface area contributed by atoms with Crippen molar-refractivity contribution < 1.29 is 9.53 Å². The molecule has 0 saturated heterocycles. The number of alkyl halides is 1. The summed E-state index contributed by atoms with van der Waals surface area (Å²) >= 11 is 3.22. The number of methoxy groups -OCH3 is 1. The molecule has 1 N–H and O–H groups in total. The maximum Gasteiger partial charge on any atom is 0.320 e. The molecular weight excluding hydrogens is 284 g/mol. The highest BCUT2D eigenvalue weighted by Gasteiger charge is 2.13. The van der Waals surface area contributed by atoms with Crippen LogP contribution >= 0.6 is 15.9 Å². The van der Waals surface area contributed by atoms with Gasteiger partial charge < -0.3 is 10.1 Å². The summed E-state index contributed by atoms with van der Waals surface area (Å²) in [4.78, 5) is 10.8. The van der Waals surface area contributed by atoms with Gasteiger partial charge >= 0.3 is 5.97 Å². The summed E-state index contributed by atoms with van der Waals surface area (Å²) < 4.78 is 4.58. The zero-order chi connectivity index (χ0) is 12.7. The van der Waals surface area contributed by atoms with Crippen LogP contribution in [0.5, 0.6) is 0 Å². The zero-order valence-corrected chi connectivity index (χ0v) is 11.0. The molecule has 17 heavy (non-hydrogen) atoms. The number of nitriles is 1. The second kappa shape index (κ2) is 7.05. The molecule has 1 aromatic carbocycles. The van der Waals surface area contributed by atoms with E-state index in [1.807, 2.05) is 12.1 Å². The molecule has 0 bridgehead atoms. The molecule has 0 fully saturated rings. The molecule has 0 radical (unpaired) electrons. The van der Waals surface area contributed by atoms with Crippen molar-refractivity contribution >= 4 is 21.9 Å². The minimum Gasteiger partial charge on any atom is -0.468 e. The van der Waals surface area contributed by atoms with Crippen LogP contribution in [0.2, 0.25) is 0 Å². The number of ether oxygens (including phenoxy) is 1. The third-order valence-corrected chi connectivity index (χ3v) is 2.89. The average molecular weight is 297 g/mol. The summed E-state index contributed by atoms with van der Waals surface area (Å²) in [6.45, 7) is 1.14. The lowest BCUT2D eigenvalue weighted by Crippen LogP contribution is -2.29. The molecule has 0 aliphatic carbocycles. The van der Waals surface area contributed by atoms with Crippen LogP contribution in [-0.4, -0.2) is 24.5 Å². The highest BCUT2D eigenvalue weighted by atomic mass is 79.9. The molecule has 90 valence electrons. The van der Waals surface area contributed by atoms with Crippen molar-refractivity contribution in [1.82, 2.24) is 5.32 Å². The van der Waals surface area contributed by atoms with Gasteiger partial charge in [-0.25, -0.2) is 0 Å². The zero-order valence-electron chi connectivity index (χ0n) is 9.44. The summed E-state index contributed by atoms with van der Waals surface area (Å²) in [5, 5.41) is 11.8. The Hall–Kier alpha value is -1.38. The Morgan fingerprint density at radius 2 is 2.18 bits per heavy atom. The van der Waals surface area contributed by atoms with Gasteiger partial charge in [-0.1, -0.05) is 28.1 Å². The van der Waals surface area contributed by atoms with Crippen LogP contribution in [0.3, 0.4) is 0 Å². The molecule has 5 heteroatoms. The molecule has 0 saturated carbocycles. The maximum atomic E-state index is 11.1. The highest BCUT2D eigenvalue weighted by molar-refractivity contribution is 9.10. The van der Waals surface area contributed by atoms with Crippen molar-refractivity contribution in [2.24, 2.45) is 0 Å². The fraction of sp³-hybridized carbons (Fsp3) is 0.333. The van der Waals surface area contributed by atoms with Gasteiger partial charge in [0.2, 0.25) is 0 Å². The molecule has 4 nitrogen and oxygen atoms in total. The van der Waals surface area contributed by atoms with Crippen LogP contribution in [0.1, 0.15) is 11.1 Å². The van der Waals surface area contributed by atoms with Crippen molar-refractivity contribution in [3.8, 4) is 6.07 Å². The predicted molar refractivity (Wildman–Crippen MR) is 67.6 cm³/mol. The van der Waals surface area contributed by atoms with Gasteiger partial charge in [-0.2, -0.15) is 5.26 Å². The minimum absolute atomic E-state index is 0.294. The second-order valence-corrected chi connectivity index (χ2v) is 4.54. The Kier molecular flexibility index (Phi) is 5.67. The monoisotopic (exact) mass is 296 g/mol. The van der Waals surface area contributed by atoms with Crippen LogP contribution in [0.25, 0.3) is 0 Å². The fourth-order valence-corrected chi connectivity index (χ4v) is 1.67. The Balaban J connectivity index is 2.36. The number of rotatable bonds is 5. The Bertz CT molecular complexity index is 412. The summed E-state index contributed by atoms with van der Waals surface area (Å²) in [5.41, 5.74) is 1.70. The molecule has 1 unspecified atom stereocenters. The lowest BCUT2D eigenvalue weighted by atomic mass is 10.1. The Morgan fingerprint density at radius 1 is 1.53 bits per heavy atom. The van der Waals surface area contributed by atoms with Crippen molar-refractivity contribution in [2.45, 2.75) is 11.4 Å². The van der Waals surface area contributed by atoms with E-state index in [4.69, 9.17) is 5.26 Å². The average Bonchev–Trinajstić information content (AvgIpc) is 2.38. The molecule has 1 atom stereocenters. The SMILES string of the molecule is COC(=O)C(Br)CNCc1ccc(C#N)cc1. The van der Waals surface area contributed by atoms with E-state index in [2.05, 4.69) is 32.1 Å². The van der Waals surface area contributed by atoms with Crippen molar-refractivity contribution in [1.29, 1.82) is 5.26 Å². The van der Waals surface area contributed by atoms with E-state index in [0.29, 0.717) is 18.7 Å². The van der Waals surface area contributed by atoms with E-state index in [9.17, 15) is 4.79 Å². The van der Waals surface area contributed by atoms with Gasteiger partial charge in [0.05, 0.1) is 18.7 Å². The largest absolute Gasteiger partial charge is 0.468 e. The standard InChI is InChI=1S/C12H13BrN2O2/c1-17-12(16)11(13)8-15-7-10-4-2-9(6-14)3-5-10/h2-5,11,15H,7-8H2,1H3. The van der Waals surface area contributed by atoms with E-state index < -0.39 is 0 Å². The van der Waals surface area contributed by atoms with E-state index in [1.54, 1.807) is 12.1 Å². The van der Waals surface area contributed by atoms with E-state index >= 15 is 0 Å². The van der Waals surface area contributed by atoms with Crippen LogP contribution < -0.4 is 5.32 Å². The summed E-state index contributed by atoms with van der Waals surface area (Å²) in [6.07, 6.45) is 0. The Labute approximate surface area is 109 Å². The van der Waals surface area contributed by atoms with Crippen LogP contribution in [0.15, 0.2) is 24.3 Å². The van der Waals surface area contributed by atoms with Gasteiger partial charge in [-0.15, -0.1) is 0 Å². The molecule has 0 aliphatic rings. The number of esters is 1. The summed E-state index contributed by atoms with van der Waals surface area (Å²) in [5.74, 6) is -0.294. The molecule has 0 amide bonds. The number of hydrogen-bond acceptors (Lipinski definition) is 4. The third kappa shape index (κ3) is 4.55. The quantitative estimate of drug-likeness (QED) is 0.662. The van der Waals surface area contributed by atoms with Gasteiger partial charge in [0, 0.05) is 13.1 Å². The lowest BCUT2D eigenvalue weighted by molar-refractivity contribution is -0.139. The highest BCUT2D eigenvalue weighted by Crippen LogP contribution is 2.04. The smallest absolute Gasteiger partial charge is 0.320 e. The lowest BCUT2D eigenvalue weighted by Gasteiger charge is -2.09. The summed E-state index contributed by atoms with van der Waals surface area (Å²) in [7, 11) is 1.36. The molecule has 0 spiro atoms. The first kappa shape index (κ1) is 13.7. The van der Waals surface area contributed by atoms with Crippen LogP contribution in [0.4, 0.5) is 0 Å². The number of carbonyl (C=O) groups excluding carboxylic acids is 1. The second-order valence-electron chi connectivity index (χ2n) is 3.43. The third-order valence-electron chi connectivity index (χ3n) is 2.19. The maximum absolute atomic E-state index is 11.1. The molecule has 0 heterocycles. The first-order chi connectivity index (χ1) is 8.17. The van der Waals surface area contributed by atoms with Gasteiger partial charge in [-0.3, -0.25) is 4.79 Å². The number of nitrogens with one attached hydrogen (secondary N) is 1. The van der Waals surface area contributed by atoms with Gasteiger partial charge in [0.25, 0.3) is 0 Å². The number of hydrogen-bond donors (Lipinski definition) is 1. The molecule has 1 aromatic rings. The van der Waals surface area contributed by atoms with Gasteiger partial charge in [0.1, 0.15) is 4.83 Å². The molecule has 0 aliphatic heterocycles. The summed E-state index contributed by atoms with van der Waals surface area (Å²) in [6, 6.07) is 9.36.